The van der Waals surface area contributed by atoms with Crippen LogP contribution in [-0.2, 0) is 9.53 Å². The SMILES string of the molecule is CCOC(=O)CSc1ccccc1Sc1ccc(Oc2ccc(NC(=O)c3ccc(Cl)c(Cl)c3)cc2F)cc1. The lowest BCUT2D eigenvalue weighted by molar-refractivity contribution is -0.139. The molecular formula is C29H22Cl2FNO4S2. The molecule has 4 aromatic carbocycles. The highest BCUT2D eigenvalue weighted by atomic mass is 35.5. The molecular weight excluding hydrogens is 580 g/mol. The van der Waals surface area contributed by atoms with Crippen molar-refractivity contribution < 1.29 is 23.5 Å². The minimum Gasteiger partial charge on any atom is -0.465 e. The Labute approximate surface area is 244 Å². The average Bonchev–Trinajstić information content (AvgIpc) is 2.92. The van der Waals surface area contributed by atoms with E-state index in [9.17, 15) is 14.0 Å². The fraction of sp³-hybridized carbons (Fsp3) is 0.103. The molecule has 0 unspecified atom stereocenters. The first-order chi connectivity index (χ1) is 18.8. The molecule has 1 amide bonds. The summed E-state index contributed by atoms with van der Waals surface area (Å²) in [5.41, 5.74) is 0.561. The summed E-state index contributed by atoms with van der Waals surface area (Å²) in [6.45, 7) is 2.14. The molecule has 4 rings (SSSR count). The molecule has 5 nitrogen and oxygen atoms in total. The van der Waals surface area contributed by atoms with Crippen molar-refractivity contribution in [3.05, 3.63) is 106 Å². The lowest BCUT2D eigenvalue weighted by atomic mass is 10.2. The van der Waals surface area contributed by atoms with E-state index in [1.54, 1.807) is 36.9 Å². The van der Waals surface area contributed by atoms with Crippen molar-refractivity contribution in [2.24, 2.45) is 0 Å². The van der Waals surface area contributed by atoms with Crippen molar-refractivity contribution in [2.75, 3.05) is 17.7 Å². The average molecular weight is 603 g/mol. The molecule has 10 heteroatoms. The molecule has 0 aliphatic heterocycles. The fourth-order valence-electron chi connectivity index (χ4n) is 3.32. The number of benzene rings is 4. The van der Waals surface area contributed by atoms with Gasteiger partial charge in [0, 0.05) is 32.0 Å². The zero-order valence-electron chi connectivity index (χ0n) is 20.6. The molecule has 0 spiro atoms. The summed E-state index contributed by atoms with van der Waals surface area (Å²) in [5.74, 6) is -0.622. The van der Waals surface area contributed by atoms with Gasteiger partial charge < -0.3 is 14.8 Å². The van der Waals surface area contributed by atoms with Crippen molar-refractivity contribution in [2.45, 2.75) is 21.6 Å². The molecule has 0 heterocycles. The number of amides is 1. The van der Waals surface area contributed by atoms with Crippen molar-refractivity contribution >= 4 is 64.3 Å². The predicted octanol–water partition coefficient (Wildman–Crippen LogP) is 8.98. The van der Waals surface area contributed by atoms with Gasteiger partial charge in [-0.1, -0.05) is 47.1 Å². The van der Waals surface area contributed by atoms with Crippen LogP contribution in [0.2, 0.25) is 10.0 Å². The molecule has 0 aliphatic carbocycles. The van der Waals surface area contributed by atoms with Crippen LogP contribution in [0.4, 0.5) is 10.1 Å². The maximum atomic E-state index is 14.7. The Bertz CT molecular complexity index is 1480. The van der Waals surface area contributed by atoms with Crippen LogP contribution in [-0.4, -0.2) is 24.2 Å². The van der Waals surface area contributed by atoms with E-state index in [1.165, 1.54) is 42.1 Å². The molecule has 0 saturated carbocycles. The van der Waals surface area contributed by atoms with Gasteiger partial charge in [-0.15, -0.1) is 11.8 Å². The van der Waals surface area contributed by atoms with E-state index in [-0.39, 0.29) is 28.2 Å². The van der Waals surface area contributed by atoms with Crippen LogP contribution in [0.5, 0.6) is 11.5 Å². The first-order valence-electron chi connectivity index (χ1n) is 11.7. The minimum absolute atomic E-state index is 0.0173. The zero-order valence-corrected chi connectivity index (χ0v) is 23.7. The number of hydrogen-bond donors (Lipinski definition) is 1. The van der Waals surface area contributed by atoms with E-state index in [1.807, 2.05) is 36.4 Å². The maximum Gasteiger partial charge on any atom is 0.316 e. The molecule has 0 atom stereocenters. The van der Waals surface area contributed by atoms with Gasteiger partial charge in [0.1, 0.15) is 5.75 Å². The van der Waals surface area contributed by atoms with Crippen LogP contribution in [0.15, 0.2) is 99.6 Å². The van der Waals surface area contributed by atoms with Gasteiger partial charge in [-0.2, -0.15) is 0 Å². The number of esters is 1. The zero-order chi connectivity index (χ0) is 27.8. The summed E-state index contributed by atoms with van der Waals surface area (Å²) >= 11 is 14.8. The minimum atomic E-state index is -0.632. The number of hydrogen-bond acceptors (Lipinski definition) is 6. The first-order valence-corrected chi connectivity index (χ1v) is 14.3. The van der Waals surface area contributed by atoms with E-state index in [4.69, 9.17) is 32.7 Å². The first kappa shape index (κ1) is 28.8. The van der Waals surface area contributed by atoms with E-state index in [2.05, 4.69) is 5.32 Å². The lowest BCUT2D eigenvalue weighted by Gasteiger charge is -2.11. The third kappa shape index (κ3) is 8.16. The topological polar surface area (TPSA) is 64.6 Å². The highest BCUT2D eigenvalue weighted by molar-refractivity contribution is 8.02. The Balaban J connectivity index is 1.37. The molecule has 1 N–H and O–H groups in total. The molecule has 0 saturated heterocycles. The summed E-state index contributed by atoms with van der Waals surface area (Å²) in [6.07, 6.45) is 0. The van der Waals surface area contributed by atoms with Crippen LogP contribution < -0.4 is 10.1 Å². The second kappa shape index (κ2) is 13.8. The second-order valence-corrected chi connectivity index (χ2v) is 10.9. The summed E-state index contributed by atoms with van der Waals surface area (Å²) < 4.78 is 25.5. The van der Waals surface area contributed by atoms with E-state index >= 15 is 0 Å². The van der Waals surface area contributed by atoms with Crippen molar-refractivity contribution in [1.29, 1.82) is 0 Å². The number of carbonyl (C=O) groups excluding carboxylic acids is 2. The third-order valence-corrected chi connectivity index (χ3v) is 8.15. The number of halogens is 3. The van der Waals surface area contributed by atoms with Gasteiger partial charge in [-0.3, -0.25) is 9.59 Å². The standard InChI is InChI=1S/C29H22Cl2FNO4S2/c1-2-36-28(34)17-38-26-5-3-4-6-27(26)39-21-11-9-20(10-12-21)37-25-14-8-19(16-24(25)32)33-29(35)18-7-13-22(30)23(31)15-18/h3-16H,2,17H2,1H3,(H,33,35). The highest BCUT2D eigenvalue weighted by Crippen LogP contribution is 2.37. The van der Waals surface area contributed by atoms with Gasteiger partial charge in [-0.25, -0.2) is 4.39 Å². The lowest BCUT2D eigenvalue weighted by Crippen LogP contribution is -2.12. The Morgan fingerprint density at radius 2 is 1.64 bits per heavy atom. The second-order valence-electron chi connectivity index (χ2n) is 7.94. The summed E-state index contributed by atoms with van der Waals surface area (Å²) in [6, 6.07) is 23.7. The van der Waals surface area contributed by atoms with Gasteiger partial charge in [0.2, 0.25) is 0 Å². The monoisotopic (exact) mass is 601 g/mol. The van der Waals surface area contributed by atoms with Crippen molar-refractivity contribution in [3.63, 3.8) is 0 Å². The van der Waals surface area contributed by atoms with E-state index in [0.29, 0.717) is 22.9 Å². The van der Waals surface area contributed by atoms with Crippen LogP contribution in [0.1, 0.15) is 17.3 Å². The number of carbonyl (C=O) groups is 2. The number of nitrogens with one attached hydrogen (secondary N) is 1. The molecule has 0 aromatic heterocycles. The number of rotatable bonds is 10. The molecule has 0 radical (unpaired) electrons. The number of ether oxygens (including phenoxy) is 2. The molecule has 4 aromatic rings. The summed E-state index contributed by atoms with van der Waals surface area (Å²) in [4.78, 5) is 27.1. The van der Waals surface area contributed by atoms with E-state index < -0.39 is 11.7 Å². The van der Waals surface area contributed by atoms with Crippen LogP contribution in [0.3, 0.4) is 0 Å². The Hall–Kier alpha value is -3.17. The van der Waals surface area contributed by atoms with Crippen LogP contribution in [0, 0.1) is 5.82 Å². The van der Waals surface area contributed by atoms with Crippen LogP contribution >= 0.6 is 46.7 Å². The van der Waals surface area contributed by atoms with Gasteiger partial charge >= 0.3 is 5.97 Å². The van der Waals surface area contributed by atoms with Crippen molar-refractivity contribution in [1.82, 2.24) is 0 Å². The molecule has 39 heavy (non-hydrogen) atoms. The largest absolute Gasteiger partial charge is 0.465 e. The quantitative estimate of drug-likeness (QED) is 0.144. The molecule has 0 bridgehead atoms. The van der Waals surface area contributed by atoms with Gasteiger partial charge in [0.15, 0.2) is 11.6 Å². The molecule has 0 aliphatic rings. The number of anilines is 1. The number of thioether (sulfide) groups is 1. The Morgan fingerprint density at radius 1 is 0.897 bits per heavy atom. The fourth-order valence-corrected chi connectivity index (χ4v) is 5.51. The van der Waals surface area contributed by atoms with Gasteiger partial charge in [-0.05, 0) is 73.7 Å². The maximum absolute atomic E-state index is 14.7. The summed E-state index contributed by atoms with van der Waals surface area (Å²) in [7, 11) is 0. The van der Waals surface area contributed by atoms with E-state index in [0.717, 1.165) is 14.7 Å². The summed E-state index contributed by atoms with van der Waals surface area (Å²) in [5, 5.41) is 3.21. The predicted molar refractivity (Wildman–Crippen MR) is 155 cm³/mol. The van der Waals surface area contributed by atoms with Gasteiger partial charge in [0.05, 0.1) is 22.4 Å². The Morgan fingerprint density at radius 3 is 2.33 bits per heavy atom. The van der Waals surface area contributed by atoms with Gasteiger partial charge in [0.25, 0.3) is 5.91 Å². The molecule has 0 fully saturated rings. The highest BCUT2D eigenvalue weighted by Gasteiger charge is 2.12. The normalized spacial score (nSPS) is 10.7. The third-order valence-electron chi connectivity index (χ3n) is 5.15. The molecule has 200 valence electrons. The smallest absolute Gasteiger partial charge is 0.316 e. The van der Waals surface area contributed by atoms with Crippen molar-refractivity contribution in [3.8, 4) is 11.5 Å². The Kier molecular flexibility index (Phi) is 10.2. The van der Waals surface area contributed by atoms with Crippen LogP contribution in [0.25, 0.3) is 0 Å².